The molecule has 2 atom stereocenters. The lowest BCUT2D eigenvalue weighted by molar-refractivity contribution is 0.0675. The van der Waals surface area contributed by atoms with E-state index < -0.39 is 0 Å². The summed E-state index contributed by atoms with van der Waals surface area (Å²) >= 11 is 1.24. The summed E-state index contributed by atoms with van der Waals surface area (Å²) in [6, 6.07) is 5.34. The summed E-state index contributed by atoms with van der Waals surface area (Å²) in [4.78, 5) is 27.1. The van der Waals surface area contributed by atoms with Crippen LogP contribution in [0.4, 0.5) is 0 Å². The number of ether oxygens (including phenoxy) is 1. The molecule has 0 bridgehead atoms. The van der Waals surface area contributed by atoms with Crippen LogP contribution in [0.1, 0.15) is 37.7 Å². The van der Waals surface area contributed by atoms with E-state index in [0.717, 1.165) is 11.5 Å². The second-order valence-corrected chi connectivity index (χ2v) is 7.19. The van der Waals surface area contributed by atoms with E-state index >= 15 is 0 Å². The fraction of sp³-hybridized carbons (Fsp3) is 0.471. The lowest BCUT2D eigenvalue weighted by Crippen LogP contribution is -2.29. The largest absolute Gasteiger partial charge is 0.379 e. The average Bonchev–Trinajstić information content (AvgIpc) is 3.26. The number of amides is 1. The number of aromatic nitrogens is 1. The molecule has 0 radical (unpaired) electrons. The maximum atomic E-state index is 12.7. The van der Waals surface area contributed by atoms with Crippen LogP contribution in [0.2, 0.25) is 0 Å². The van der Waals surface area contributed by atoms with Gasteiger partial charge in [0.05, 0.1) is 21.6 Å². The number of hydrogen-bond donors (Lipinski definition) is 0. The van der Waals surface area contributed by atoms with Gasteiger partial charge in [-0.15, -0.1) is 11.3 Å². The summed E-state index contributed by atoms with van der Waals surface area (Å²) in [5.41, 5.74) is 0.847. The number of rotatable bonds is 5. The number of thiophene rings is 1. The standard InChI is InChI=1S/C17H20N2O4S/c1-10-6-13(23-18-10)7-12-8-19(9-14(12)22-3)17(21)16-5-4-15(24-16)11(2)20/h4-6,12,14H,7-9H2,1-3H3/t12-,14+/m1/s1. The molecule has 24 heavy (non-hydrogen) atoms. The number of likely N-dealkylation sites (tertiary alicyclic amines) is 1. The molecule has 6 nitrogen and oxygen atoms in total. The van der Waals surface area contributed by atoms with Crippen molar-refractivity contribution in [2.75, 3.05) is 20.2 Å². The van der Waals surface area contributed by atoms with Crippen LogP contribution < -0.4 is 0 Å². The van der Waals surface area contributed by atoms with E-state index in [4.69, 9.17) is 9.26 Å². The number of Topliss-reactive ketones (excluding diaryl/α,β-unsaturated/α-hetero) is 1. The lowest BCUT2D eigenvalue weighted by atomic mass is 10.0. The maximum Gasteiger partial charge on any atom is 0.264 e. The van der Waals surface area contributed by atoms with Crippen molar-refractivity contribution >= 4 is 23.0 Å². The van der Waals surface area contributed by atoms with Crippen LogP contribution in [0.3, 0.4) is 0 Å². The minimum absolute atomic E-state index is 0.0196. The second-order valence-electron chi connectivity index (χ2n) is 6.10. The first-order valence-corrected chi connectivity index (χ1v) is 8.64. The van der Waals surface area contributed by atoms with Gasteiger partial charge in [-0.25, -0.2) is 0 Å². The Labute approximate surface area is 144 Å². The van der Waals surface area contributed by atoms with E-state index in [1.165, 1.54) is 18.3 Å². The summed E-state index contributed by atoms with van der Waals surface area (Å²) in [6.07, 6.45) is 0.651. The van der Waals surface area contributed by atoms with Crippen LogP contribution in [0.5, 0.6) is 0 Å². The van der Waals surface area contributed by atoms with E-state index in [0.29, 0.717) is 29.3 Å². The first-order valence-electron chi connectivity index (χ1n) is 7.83. The number of hydrogen-bond acceptors (Lipinski definition) is 6. The fourth-order valence-electron chi connectivity index (χ4n) is 3.04. The first kappa shape index (κ1) is 16.9. The molecule has 1 saturated heterocycles. The molecule has 2 aromatic heterocycles. The van der Waals surface area contributed by atoms with Crippen LogP contribution in [0.15, 0.2) is 22.7 Å². The third-order valence-electron chi connectivity index (χ3n) is 4.27. The monoisotopic (exact) mass is 348 g/mol. The van der Waals surface area contributed by atoms with E-state index in [-0.39, 0.29) is 23.7 Å². The Hall–Kier alpha value is -1.99. The van der Waals surface area contributed by atoms with Gasteiger partial charge in [0.15, 0.2) is 5.78 Å². The van der Waals surface area contributed by atoms with Crippen LogP contribution in [-0.2, 0) is 11.2 Å². The number of methoxy groups -OCH3 is 1. The number of carbonyl (C=O) groups excluding carboxylic acids is 2. The van der Waals surface area contributed by atoms with E-state index in [1.54, 1.807) is 24.1 Å². The fourth-order valence-corrected chi connectivity index (χ4v) is 3.91. The zero-order valence-electron chi connectivity index (χ0n) is 13.9. The van der Waals surface area contributed by atoms with Gasteiger partial charge in [0.25, 0.3) is 5.91 Å². The van der Waals surface area contributed by atoms with Crippen molar-refractivity contribution in [1.82, 2.24) is 10.1 Å². The van der Waals surface area contributed by atoms with Crippen LogP contribution in [0.25, 0.3) is 0 Å². The summed E-state index contributed by atoms with van der Waals surface area (Å²) in [7, 11) is 1.66. The van der Waals surface area contributed by atoms with Gasteiger partial charge in [-0.05, 0) is 26.0 Å². The molecular formula is C17H20N2O4S. The number of aryl methyl sites for hydroxylation is 1. The Kier molecular flexibility index (Phi) is 4.82. The summed E-state index contributed by atoms with van der Waals surface area (Å²) in [5.74, 6) is 0.905. The smallest absolute Gasteiger partial charge is 0.264 e. The Morgan fingerprint density at radius 1 is 1.38 bits per heavy atom. The van der Waals surface area contributed by atoms with Crippen molar-refractivity contribution < 1.29 is 18.8 Å². The number of nitrogens with zero attached hydrogens (tertiary/aromatic N) is 2. The minimum Gasteiger partial charge on any atom is -0.379 e. The molecule has 1 amide bonds. The predicted molar refractivity (Wildman–Crippen MR) is 89.5 cm³/mol. The van der Waals surface area contributed by atoms with Crippen molar-refractivity contribution in [3.05, 3.63) is 39.4 Å². The van der Waals surface area contributed by atoms with Gasteiger partial charge in [0.1, 0.15) is 5.76 Å². The van der Waals surface area contributed by atoms with Crippen LogP contribution in [-0.4, -0.2) is 48.1 Å². The zero-order valence-corrected chi connectivity index (χ0v) is 14.8. The van der Waals surface area contributed by atoms with Crippen LogP contribution in [0, 0.1) is 12.8 Å². The van der Waals surface area contributed by atoms with E-state index in [9.17, 15) is 9.59 Å². The third kappa shape index (κ3) is 3.42. The lowest BCUT2D eigenvalue weighted by Gasteiger charge is -2.14. The molecule has 1 aliphatic heterocycles. The Morgan fingerprint density at radius 3 is 2.71 bits per heavy atom. The van der Waals surface area contributed by atoms with E-state index in [1.807, 2.05) is 13.0 Å². The molecule has 0 saturated carbocycles. The van der Waals surface area contributed by atoms with Crippen molar-refractivity contribution in [3.63, 3.8) is 0 Å². The normalized spacial score (nSPS) is 20.5. The van der Waals surface area contributed by atoms with E-state index in [2.05, 4.69) is 5.16 Å². The molecule has 128 valence electrons. The first-order chi connectivity index (χ1) is 11.5. The topological polar surface area (TPSA) is 72.6 Å². The SMILES string of the molecule is CO[C@H]1CN(C(=O)c2ccc(C(C)=O)s2)C[C@H]1Cc1cc(C)no1. The molecule has 1 aliphatic rings. The number of ketones is 1. The van der Waals surface area contributed by atoms with Gasteiger partial charge in [0.2, 0.25) is 0 Å². The highest BCUT2D eigenvalue weighted by atomic mass is 32.1. The van der Waals surface area contributed by atoms with Crippen LogP contribution >= 0.6 is 11.3 Å². The summed E-state index contributed by atoms with van der Waals surface area (Å²) in [5, 5.41) is 3.90. The highest BCUT2D eigenvalue weighted by Crippen LogP contribution is 2.27. The molecular weight excluding hydrogens is 328 g/mol. The molecule has 2 aromatic rings. The molecule has 0 aromatic carbocycles. The highest BCUT2D eigenvalue weighted by Gasteiger charge is 2.36. The molecule has 3 heterocycles. The summed E-state index contributed by atoms with van der Waals surface area (Å²) < 4.78 is 10.8. The zero-order chi connectivity index (χ0) is 17.3. The van der Waals surface area contributed by atoms with Crippen molar-refractivity contribution in [3.8, 4) is 0 Å². The molecule has 3 rings (SSSR count). The average molecular weight is 348 g/mol. The highest BCUT2D eigenvalue weighted by molar-refractivity contribution is 7.15. The van der Waals surface area contributed by atoms with Crippen molar-refractivity contribution in [1.29, 1.82) is 0 Å². The third-order valence-corrected chi connectivity index (χ3v) is 5.45. The maximum absolute atomic E-state index is 12.7. The Balaban J connectivity index is 1.70. The van der Waals surface area contributed by atoms with Gasteiger partial charge in [-0.1, -0.05) is 5.16 Å². The summed E-state index contributed by atoms with van der Waals surface area (Å²) in [6.45, 7) is 4.53. The molecule has 7 heteroatoms. The van der Waals surface area contributed by atoms with Gasteiger partial charge in [-0.3, -0.25) is 9.59 Å². The van der Waals surface area contributed by atoms with Crippen molar-refractivity contribution in [2.45, 2.75) is 26.4 Å². The minimum atomic E-state index is -0.0502. The molecule has 0 spiro atoms. The predicted octanol–water partition coefficient (Wildman–Crippen LogP) is 2.58. The Bertz CT molecular complexity index is 751. The number of carbonyl (C=O) groups is 2. The van der Waals surface area contributed by atoms with Gasteiger partial charge in [-0.2, -0.15) is 0 Å². The second kappa shape index (κ2) is 6.86. The van der Waals surface area contributed by atoms with Gasteiger partial charge in [0, 0.05) is 38.6 Å². The molecule has 0 N–H and O–H groups in total. The van der Waals surface area contributed by atoms with Gasteiger partial charge < -0.3 is 14.2 Å². The molecule has 1 fully saturated rings. The quantitative estimate of drug-likeness (QED) is 0.777. The molecule has 0 unspecified atom stereocenters. The van der Waals surface area contributed by atoms with Crippen molar-refractivity contribution in [2.24, 2.45) is 5.92 Å². The molecule has 0 aliphatic carbocycles. The van der Waals surface area contributed by atoms with Gasteiger partial charge >= 0.3 is 0 Å². The Morgan fingerprint density at radius 2 is 2.12 bits per heavy atom.